The Labute approximate surface area is 84.8 Å². The zero-order chi connectivity index (χ0) is 10.8. The number of hydrogen-bond donors (Lipinski definition) is 1. The van der Waals surface area contributed by atoms with Crippen molar-refractivity contribution in [2.45, 2.75) is 38.4 Å². The Morgan fingerprint density at radius 2 is 2.43 bits per heavy atom. The van der Waals surface area contributed by atoms with Crippen molar-refractivity contribution in [2.24, 2.45) is 5.92 Å². The largest absolute Gasteiger partial charge is 0.382 e. The summed E-state index contributed by atoms with van der Waals surface area (Å²) < 4.78 is 5.32. The normalized spacial score (nSPS) is 30.2. The van der Waals surface area contributed by atoms with E-state index in [9.17, 15) is 9.90 Å². The predicted molar refractivity (Wildman–Crippen MR) is 54.0 cm³/mol. The molecule has 1 N–H and O–H groups in total. The Morgan fingerprint density at radius 3 is 2.79 bits per heavy atom. The van der Waals surface area contributed by atoms with Crippen LogP contribution in [0.15, 0.2) is 12.7 Å². The molecule has 3 unspecified atom stereocenters. The minimum Gasteiger partial charge on any atom is -0.382 e. The summed E-state index contributed by atoms with van der Waals surface area (Å²) in [6, 6.07) is 0. The molecule has 1 heterocycles. The molecule has 1 rings (SSSR count). The number of carbonyl (C=O) groups is 1. The second-order valence-corrected chi connectivity index (χ2v) is 4.09. The fourth-order valence-corrected chi connectivity index (χ4v) is 1.69. The SMILES string of the molecule is C=CC(=O)C(C)(O)CC1OCC1CC. The van der Waals surface area contributed by atoms with E-state index < -0.39 is 5.60 Å². The van der Waals surface area contributed by atoms with Gasteiger partial charge >= 0.3 is 0 Å². The van der Waals surface area contributed by atoms with Crippen LogP contribution in [-0.2, 0) is 9.53 Å². The van der Waals surface area contributed by atoms with E-state index in [2.05, 4.69) is 13.5 Å². The molecular weight excluding hydrogens is 180 g/mol. The molecule has 0 bridgehead atoms. The molecular formula is C11H18O3. The van der Waals surface area contributed by atoms with Crippen LogP contribution in [0, 0.1) is 5.92 Å². The van der Waals surface area contributed by atoms with Gasteiger partial charge in [0, 0.05) is 12.3 Å². The van der Waals surface area contributed by atoms with Gasteiger partial charge < -0.3 is 9.84 Å². The summed E-state index contributed by atoms with van der Waals surface area (Å²) in [5.74, 6) is 0.155. The smallest absolute Gasteiger partial charge is 0.186 e. The van der Waals surface area contributed by atoms with E-state index in [1.807, 2.05) is 0 Å². The highest BCUT2D eigenvalue weighted by atomic mass is 16.5. The minimum absolute atomic E-state index is 0.0268. The molecule has 0 spiro atoms. The number of rotatable bonds is 5. The molecule has 3 atom stereocenters. The maximum Gasteiger partial charge on any atom is 0.186 e. The molecule has 3 nitrogen and oxygen atoms in total. The van der Waals surface area contributed by atoms with E-state index in [-0.39, 0.29) is 11.9 Å². The standard InChI is InChI=1S/C11H18O3/c1-4-8-7-14-9(8)6-11(3,13)10(12)5-2/h5,8-9,13H,2,4,6-7H2,1,3H3. The molecule has 1 aliphatic heterocycles. The second-order valence-electron chi connectivity index (χ2n) is 4.09. The Balaban J connectivity index is 2.50. The Morgan fingerprint density at radius 1 is 1.79 bits per heavy atom. The van der Waals surface area contributed by atoms with Gasteiger partial charge in [0.05, 0.1) is 12.7 Å². The van der Waals surface area contributed by atoms with E-state index in [4.69, 9.17) is 4.74 Å². The molecule has 1 aliphatic rings. The molecule has 3 heteroatoms. The first-order valence-electron chi connectivity index (χ1n) is 5.02. The van der Waals surface area contributed by atoms with Gasteiger partial charge in [-0.1, -0.05) is 13.5 Å². The van der Waals surface area contributed by atoms with Gasteiger partial charge in [-0.2, -0.15) is 0 Å². The molecule has 0 aliphatic carbocycles. The summed E-state index contributed by atoms with van der Waals surface area (Å²) in [5.41, 5.74) is -1.32. The van der Waals surface area contributed by atoms with Crippen molar-refractivity contribution < 1.29 is 14.6 Å². The molecule has 0 amide bonds. The van der Waals surface area contributed by atoms with Crippen LogP contribution in [0.25, 0.3) is 0 Å². The van der Waals surface area contributed by atoms with Crippen LogP contribution < -0.4 is 0 Å². The Bertz CT molecular complexity index is 231. The summed E-state index contributed by atoms with van der Waals surface area (Å²) in [7, 11) is 0. The van der Waals surface area contributed by atoms with Crippen LogP contribution in [0.1, 0.15) is 26.7 Å². The van der Waals surface area contributed by atoms with E-state index in [0.29, 0.717) is 12.3 Å². The third kappa shape index (κ3) is 2.22. The van der Waals surface area contributed by atoms with Crippen molar-refractivity contribution in [1.29, 1.82) is 0 Å². The van der Waals surface area contributed by atoms with E-state index in [1.54, 1.807) is 0 Å². The molecule has 0 saturated carbocycles. The first kappa shape index (κ1) is 11.4. The summed E-state index contributed by atoms with van der Waals surface area (Å²) in [5, 5.41) is 9.83. The maximum absolute atomic E-state index is 11.3. The predicted octanol–water partition coefficient (Wildman–Crippen LogP) is 1.31. The Hall–Kier alpha value is -0.670. The van der Waals surface area contributed by atoms with Crippen molar-refractivity contribution in [1.82, 2.24) is 0 Å². The summed E-state index contributed by atoms with van der Waals surface area (Å²) in [6.45, 7) is 7.72. The second kappa shape index (κ2) is 4.24. The average molecular weight is 198 g/mol. The molecule has 0 aromatic rings. The van der Waals surface area contributed by atoms with Gasteiger partial charge in [-0.15, -0.1) is 0 Å². The van der Waals surface area contributed by atoms with Gasteiger partial charge in [0.1, 0.15) is 5.60 Å². The first-order chi connectivity index (χ1) is 6.51. The number of hydrogen-bond acceptors (Lipinski definition) is 3. The highest BCUT2D eigenvalue weighted by Gasteiger charge is 2.39. The van der Waals surface area contributed by atoms with Crippen molar-refractivity contribution in [3.05, 3.63) is 12.7 Å². The zero-order valence-corrected chi connectivity index (χ0v) is 8.82. The molecule has 0 aromatic heterocycles. The molecule has 80 valence electrons. The van der Waals surface area contributed by atoms with Crippen LogP contribution in [-0.4, -0.2) is 29.2 Å². The van der Waals surface area contributed by atoms with Crippen LogP contribution in [0.4, 0.5) is 0 Å². The average Bonchev–Trinajstić information content (AvgIpc) is 2.12. The topological polar surface area (TPSA) is 46.5 Å². The monoisotopic (exact) mass is 198 g/mol. The number of ether oxygens (including phenoxy) is 1. The fourth-order valence-electron chi connectivity index (χ4n) is 1.69. The lowest BCUT2D eigenvalue weighted by Gasteiger charge is -2.39. The number of ketones is 1. The zero-order valence-electron chi connectivity index (χ0n) is 8.82. The lowest BCUT2D eigenvalue weighted by Crippen LogP contribution is -2.47. The lowest BCUT2D eigenvalue weighted by atomic mass is 9.84. The van der Waals surface area contributed by atoms with Crippen LogP contribution in [0.2, 0.25) is 0 Å². The van der Waals surface area contributed by atoms with Crippen molar-refractivity contribution in [3.63, 3.8) is 0 Å². The van der Waals surface area contributed by atoms with Gasteiger partial charge in [-0.3, -0.25) is 4.79 Å². The summed E-state index contributed by atoms with van der Waals surface area (Å²) in [4.78, 5) is 11.3. The Kier molecular flexibility index (Phi) is 3.45. The van der Waals surface area contributed by atoms with Crippen molar-refractivity contribution in [2.75, 3.05) is 6.61 Å². The van der Waals surface area contributed by atoms with Crippen LogP contribution >= 0.6 is 0 Å². The highest BCUT2D eigenvalue weighted by molar-refractivity contribution is 5.95. The summed E-state index contributed by atoms with van der Waals surface area (Å²) in [6.07, 6.45) is 2.60. The number of aliphatic hydroxyl groups is 1. The quantitative estimate of drug-likeness (QED) is 0.677. The first-order valence-corrected chi connectivity index (χ1v) is 5.02. The fraction of sp³-hybridized carbons (Fsp3) is 0.727. The molecule has 1 saturated heterocycles. The van der Waals surface area contributed by atoms with E-state index >= 15 is 0 Å². The molecule has 1 fully saturated rings. The molecule has 0 radical (unpaired) electrons. The molecule has 0 aromatic carbocycles. The van der Waals surface area contributed by atoms with Crippen LogP contribution in [0.3, 0.4) is 0 Å². The van der Waals surface area contributed by atoms with Crippen molar-refractivity contribution in [3.8, 4) is 0 Å². The summed E-state index contributed by atoms with van der Waals surface area (Å²) >= 11 is 0. The highest BCUT2D eigenvalue weighted by Crippen LogP contribution is 2.30. The third-order valence-corrected chi connectivity index (χ3v) is 2.89. The van der Waals surface area contributed by atoms with Gasteiger partial charge in [-0.05, 0) is 19.4 Å². The third-order valence-electron chi connectivity index (χ3n) is 2.89. The van der Waals surface area contributed by atoms with E-state index in [0.717, 1.165) is 13.0 Å². The van der Waals surface area contributed by atoms with E-state index in [1.165, 1.54) is 13.0 Å². The van der Waals surface area contributed by atoms with Crippen molar-refractivity contribution >= 4 is 5.78 Å². The van der Waals surface area contributed by atoms with Gasteiger partial charge in [0.2, 0.25) is 0 Å². The maximum atomic E-state index is 11.3. The van der Waals surface area contributed by atoms with Crippen LogP contribution in [0.5, 0.6) is 0 Å². The van der Waals surface area contributed by atoms with Gasteiger partial charge in [-0.25, -0.2) is 0 Å². The lowest BCUT2D eigenvalue weighted by molar-refractivity contribution is -0.157. The van der Waals surface area contributed by atoms with Gasteiger partial charge in [0.15, 0.2) is 5.78 Å². The number of carbonyl (C=O) groups excluding carboxylic acids is 1. The molecule has 14 heavy (non-hydrogen) atoms. The van der Waals surface area contributed by atoms with Gasteiger partial charge in [0.25, 0.3) is 0 Å². The minimum atomic E-state index is -1.32.